The summed E-state index contributed by atoms with van der Waals surface area (Å²) in [6.45, 7) is 3.62. The van der Waals surface area contributed by atoms with Gasteiger partial charge in [-0.2, -0.15) is 0 Å². The Morgan fingerprint density at radius 3 is 2.80 bits per heavy atom. The maximum absolute atomic E-state index is 11.0. The van der Waals surface area contributed by atoms with Gasteiger partial charge in [0, 0.05) is 17.1 Å². The molecule has 76 valence electrons. The molecule has 0 N–H and O–H groups in total. The van der Waals surface area contributed by atoms with Crippen molar-refractivity contribution >= 4 is 16.6 Å². The zero-order valence-corrected chi connectivity index (χ0v) is 8.52. The predicted molar refractivity (Wildman–Crippen MR) is 57.9 cm³/mol. The van der Waals surface area contributed by atoms with Crippen molar-refractivity contribution in [2.45, 2.75) is 13.8 Å². The van der Waals surface area contributed by atoms with Crippen LogP contribution in [0.3, 0.4) is 0 Å². The van der Waals surface area contributed by atoms with E-state index in [9.17, 15) is 10.1 Å². The van der Waals surface area contributed by atoms with E-state index >= 15 is 0 Å². The van der Waals surface area contributed by atoms with Crippen LogP contribution in [0.5, 0.6) is 0 Å². The van der Waals surface area contributed by atoms with Crippen molar-refractivity contribution in [1.82, 2.24) is 4.98 Å². The molecule has 0 aliphatic carbocycles. The van der Waals surface area contributed by atoms with Gasteiger partial charge in [0.05, 0.1) is 4.92 Å². The molecule has 0 amide bonds. The fourth-order valence-corrected chi connectivity index (χ4v) is 1.66. The molecule has 1 aromatic carbocycles. The molecule has 0 aliphatic rings. The lowest BCUT2D eigenvalue weighted by Gasteiger charge is -2.04. The second-order valence-electron chi connectivity index (χ2n) is 3.50. The van der Waals surface area contributed by atoms with E-state index < -0.39 is 0 Å². The van der Waals surface area contributed by atoms with Crippen LogP contribution < -0.4 is 0 Å². The number of benzene rings is 1. The first kappa shape index (κ1) is 9.58. The minimum absolute atomic E-state index is 0.116. The van der Waals surface area contributed by atoms with Gasteiger partial charge in [-0.1, -0.05) is 6.07 Å². The molecule has 0 saturated carbocycles. The highest BCUT2D eigenvalue weighted by atomic mass is 16.6. The van der Waals surface area contributed by atoms with Crippen LogP contribution in [-0.2, 0) is 0 Å². The Labute approximate surface area is 86.7 Å². The van der Waals surface area contributed by atoms with Gasteiger partial charge < -0.3 is 0 Å². The Balaban J connectivity index is 2.95. The molecule has 1 heterocycles. The van der Waals surface area contributed by atoms with Crippen molar-refractivity contribution in [3.63, 3.8) is 0 Å². The van der Waals surface area contributed by atoms with Crippen LogP contribution in [0.4, 0.5) is 5.69 Å². The number of nitro benzene ring substituents is 1. The summed E-state index contributed by atoms with van der Waals surface area (Å²) >= 11 is 0. The number of aryl methyl sites for hydroxylation is 1. The minimum Gasteiger partial charge on any atom is -0.258 e. The Kier molecular flexibility index (Phi) is 2.11. The summed E-state index contributed by atoms with van der Waals surface area (Å²) in [4.78, 5) is 14.7. The molecule has 4 nitrogen and oxygen atoms in total. The lowest BCUT2D eigenvalue weighted by atomic mass is 10.0. The Morgan fingerprint density at radius 1 is 1.40 bits per heavy atom. The molecular formula is C11H10N2O2. The SMILES string of the molecule is Cc1cc2cccnc2c([N+](=O)[O-])c1C. The maximum Gasteiger partial charge on any atom is 0.298 e. The number of nitro groups is 1. The molecule has 2 aromatic rings. The quantitative estimate of drug-likeness (QED) is 0.527. The van der Waals surface area contributed by atoms with E-state index in [1.54, 1.807) is 19.2 Å². The monoisotopic (exact) mass is 202 g/mol. The van der Waals surface area contributed by atoms with Crippen LogP contribution in [0.1, 0.15) is 11.1 Å². The largest absolute Gasteiger partial charge is 0.298 e. The van der Waals surface area contributed by atoms with Crippen LogP contribution in [0.15, 0.2) is 24.4 Å². The van der Waals surface area contributed by atoms with Gasteiger partial charge in [-0.3, -0.25) is 10.1 Å². The zero-order chi connectivity index (χ0) is 11.0. The first-order chi connectivity index (χ1) is 7.11. The van der Waals surface area contributed by atoms with Crippen molar-refractivity contribution in [3.05, 3.63) is 45.6 Å². The van der Waals surface area contributed by atoms with Crippen molar-refractivity contribution in [2.24, 2.45) is 0 Å². The van der Waals surface area contributed by atoms with Crippen LogP contribution in [0.25, 0.3) is 10.9 Å². The van der Waals surface area contributed by atoms with Gasteiger partial charge in [0.25, 0.3) is 5.69 Å². The normalized spacial score (nSPS) is 10.5. The number of aromatic nitrogens is 1. The summed E-state index contributed by atoms with van der Waals surface area (Å²) in [5.74, 6) is 0. The highest BCUT2D eigenvalue weighted by Gasteiger charge is 2.18. The van der Waals surface area contributed by atoms with E-state index in [1.165, 1.54) is 0 Å². The molecular weight excluding hydrogens is 192 g/mol. The highest BCUT2D eigenvalue weighted by Crippen LogP contribution is 2.29. The summed E-state index contributed by atoms with van der Waals surface area (Å²) in [6.07, 6.45) is 1.57. The summed E-state index contributed by atoms with van der Waals surface area (Å²) < 4.78 is 0. The minimum atomic E-state index is -0.363. The molecule has 0 bridgehead atoms. The van der Waals surface area contributed by atoms with Crippen LogP contribution in [-0.4, -0.2) is 9.91 Å². The number of rotatable bonds is 1. The molecule has 15 heavy (non-hydrogen) atoms. The number of fused-ring (bicyclic) bond motifs is 1. The molecule has 2 rings (SSSR count). The molecule has 0 radical (unpaired) electrons. The van der Waals surface area contributed by atoms with Crippen molar-refractivity contribution in [1.29, 1.82) is 0 Å². The van der Waals surface area contributed by atoms with Gasteiger partial charge >= 0.3 is 0 Å². The standard InChI is InChI=1S/C11H10N2O2/c1-7-6-9-4-3-5-12-10(9)11(8(7)2)13(14)15/h3-6H,1-2H3. The zero-order valence-electron chi connectivity index (χ0n) is 8.52. The number of hydrogen-bond donors (Lipinski definition) is 0. The molecule has 0 atom stereocenters. The second-order valence-corrected chi connectivity index (χ2v) is 3.50. The van der Waals surface area contributed by atoms with Gasteiger partial charge in [-0.25, -0.2) is 4.98 Å². The van der Waals surface area contributed by atoms with E-state index in [2.05, 4.69) is 4.98 Å². The summed E-state index contributed by atoms with van der Waals surface area (Å²) in [5, 5.41) is 11.8. The van der Waals surface area contributed by atoms with Gasteiger partial charge in [-0.15, -0.1) is 0 Å². The molecule has 0 aliphatic heterocycles. The Hall–Kier alpha value is -1.97. The van der Waals surface area contributed by atoms with E-state index in [0.717, 1.165) is 10.9 Å². The molecule has 0 saturated heterocycles. The first-order valence-electron chi connectivity index (χ1n) is 4.60. The highest BCUT2D eigenvalue weighted by molar-refractivity contribution is 5.89. The molecule has 4 heteroatoms. The number of pyridine rings is 1. The van der Waals surface area contributed by atoms with Crippen molar-refractivity contribution in [2.75, 3.05) is 0 Å². The Morgan fingerprint density at radius 2 is 2.13 bits per heavy atom. The van der Waals surface area contributed by atoms with Gasteiger partial charge in [0.15, 0.2) is 0 Å². The lowest BCUT2D eigenvalue weighted by Crippen LogP contribution is -1.96. The number of hydrogen-bond acceptors (Lipinski definition) is 3. The van der Waals surface area contributed by atoms with Gasteiger partial charge in [0.2, 0.25) is 0 Å². The topological polar surface area (TPSA) is 56.0 Å². The summed E-state index contributed by atoms with van der Waals surface area (Å²) in [7, 11) is 0. The number of nitrogens with zero attached hydrogens (tertiary/aromatic N) is 2. The molecule has 0 fully saturated rings. The van der Waals surface area contributed by atoms with Crippen LogP contribution in [0, 0.1) is 24.0 Å². The lowest BCUT2D eigenvalue weighted by molar-refractivity contribution is -0.383. The van der Waals surface area contributed by atoms with Crippen LogP contribution in [0.2, 0.25) is 0 Å². The van der Waals surface area contributed by atoms with Gasteiger partial charge in [-0.05, 0) is 31.5 Å². The fourth-order valence-electron chi connectivity index (χ4n) is 1.66. The van der Waals surface area contributed by atoms with Crippen molar-refractivity contribution < 1.29 is 4.92 Å². The predicted octanol–water partition coefficient (Wildman–Crippen LogP) is 2.76. The fraction of sp³-hybridized carbons (Fsp3) is 0.182. The third-order valence-corrected chi connectivity index (χ3v) is 2.56. The van der Waals surface area contributed by atoms with E-state index in [1.807, 2.05) is 19.1 Å². The molecule has 1 aromatic heterocycles. The summed E-state index contributed by atoms with van der Waals surface area (Å²) in [5.41, 5.74) is 2.18. The average Bonchev–Trinajstić information content (AvgIpc) is 2.19. The molecule has 0 unspecified atom stereocenters. The smallest absolute Gasteiger partial charge is 0.258 e. The average molecular weight is 202 g/mol. The van der Waals surface area contributed by atoms with E-state index in [-0.39, 0.29) is 10.6 Å². The molecule has 0 spiro atoms. The van der Waals surface area contributed by atoms with Crippen molar-refractivity contribution in [3.8, 4) is 0 Å². The second kappa shape index (κ2) is 3.31. The van der Waals surface area contributed by atoms with Crippen LogP contribution >= 0.6 is 0 Å². The van der Waals surface area contributed by atoms with Gasteiger partial charge in [0.1, 0.15) is 5.52 Å². The summed E-state index contributed by atoms with van der Waals surface area (Å²) in [6, 6.07) is 5.53. The third-order valence-electron chi connectivity index (χ3n) is 2.56. The third kappa shape index (κ3) is 1.44. The Bertz CT molecular complexity index is 550. The van der Waals surface area contributed by atoms with E-state index in [0.29, 0.717) is 11.1 Å². The maximum atomic E-state index is 11.0. The first-order valence-corrected chi connectivity index (χ1v) is 4.60. The van der Waals surface area contributed by atoms with E-state index in [4.69, 9.17) is 0 Å².